The summed E-state index contributed by atoms with van der Waals surface area (Å²) in [7, 11) is 0. The van der Waals surface area contributed by atoms with Crippen LogP contribution in [0.3, 0.4) is 0 Å². The van der Waals surface area contributed by atoms with Gasteiger partial charge in [-0.05, 0) is 62.6 Å². The molecule has 0 saturated carbocycles. The van der Waals surface area contributed by atoms with E-state index < -0.39 is 5.91 Å². The fraction of sp³-hybridized carbons (Fsp3) is 0.0435. The molecule has 6 heteroatoms. The second kappa shape index (κ2) is 8.21. The van der Waals surface area contributed by atoms with Crippen molar-refractivity contribution in [3.05, 3.63) is 76.5 Å². The van der Waals surface area contributed by atoms with Gasteiger partial charge >= 0.3 is 5.91 Å². The molecule has 29 heavy (non-hydrogen) atoms. The van der Waals surface area contributed by atoms with E-state index in [1.807, 2.05) is 42.5 Å². The number of hydrogen-bond donors (Lipinski definition) is 1. The first-order valence-corrected chi connectivity index (χ1v) is 9.55. The number of furan rings is 1. The number of carbonyl (C=O) groups is 1. The van der Waals surface area contributed by atoms with Gasteiger partial charge in [0.05, 0.1) is 10.7 Å². The maximum atomic E-state index is 12.4. The monoisotopic (exact) mass is 446 g/mol. The van der Waals surface area contributed by atoms with Gasteiger partial charge < -0.3 is 9.15 Å². The number of amides is 1. The Morgan fingerprint density at radius 2 is 2.03 bits per heavy atom. The van der Waals surface area contributed by atoms with E-state index in [2.05, 4.69) is 32.4 Å². The highest BCUT2D eigenvalue weighted by Crippen LogP contribution is 2.28. The van der Waals surface area contributed by atoms with Gasteiger partial charge in [0.2, 0.25) is 0 Å². The summed E-state index contributed by atoms with van der Waals surface area (Å²) in [5.41, 5.74) is 3.92. The standard InChI is InChI=1S/C23H15BrN2O3/c1-2-11-28-21-9-7-15(12-19(21)24)14-25-26-23(27)22-13-18-17-6-4-3-5-16(17)8-10-20(18)29-22/h1,3-10,12-14H,11H2,(H,26,27)/b25-14-. The molecule has 0 fully saturated rings. The van der Waals surface area contributed by atoms with Crippen LogP contribution in [0.1, 0.15) is 16.1 Å². The van der Waals surface area contributed by atoms with Crippen molar-refractivity contribution in [1.82, 2.24) is 5.43 Å². The molecule has 0 aliphatic carbocycles. The number of nitrogens with zero attached hydrogens (tertiary/aromatic N) is 1. The zero-order valence-corrected chi connectivity index (χ0v) is 16.8. The van der Waals surface area contributed by atoms with E-state index in [1.54, 1.807) is 18.2 Å². The van der Waals surface area contributed by atoms with Crippen LogP contribution in [0.25, 0.3) is 21.7 Å². The van der Waals surface area contributed by atoms with Crippen molar-refractivity contribution in [2.45, 2.75) is 0 Å². The lowest BCUT2D eigenvalue weighted by molar-refractivity contribution is 0.0929. The summed E-state index contributed by atoms with van der Waals surface area (Å²) in [6, 6.07) is 18.9. The van der Waals surface area contributed by atoms with Crippen molar-refractivity contribution in [2.75, 3.05) is 6.61 Å². The average molecular weight is 447 g/mol. The lowest BCUT2D eigenvalue weighted by Gasteiger charge is -2.05. The molecule has 0 atom stereocenters. The average Bonchev–Trinajstić information content (AvgIpc) is 3.18. The van der Waals surface area contributed by atoms with Gasteiger partial charge in [-0.2, -0.15) is 5.10 Å². The Labute approximate surface area is 175 Å². The van der Waals surface area contributed by atoms with E-state index in [0.29, 0.717) is 11.3 Å². The molecule has 3 aromatic carbocycles. The topological polar surface area (TPSA) is 63.8 Å². The van der Waals surface area contributed by atoms with Gasteiger partial charge in [-0.15, -0.1) is 6.42 Å². The van der Waals surface area contributed by atoms with Gasteiger partial charge in [-0.1, -0.05) is 36.3 Å². The first kappa shape index (κ1) is 18.8. The van der Waals surface area contributed by atoms with Crippen molar-refractivity contribution in [1.29, 1.82) is 0 Å². The summed E-state index contributed by atoms with van der Waals surface area (Å²) >= 11 is 3.42. The van der Waals surface area contributed by atoms with Crippen LogP contribution in [0, 0.1) is 12.3 Å². The Balaban J connectivity index is 1.49. The molecule has 1 amide bonds. The lowest BCUT2D eigenvalue weighted by atomic mass is 10.1. The lowest BCUT2D eigenvalue weighted by Crippen LogP contribution is -2.16. The number of fused-ring (bicyclic) bond motifs is 3. The van der Waals surface area contributed by atoms with Crippen LogP contribution >= 0.6 is 15.9 Å². The highest BCUT2D eigenvalue weighted by Gasteiger charge is 2.13. The van der Waals surface area contributed by atoms with Crippen LogP contribution in [0.4, 0.5) is 0 Å². The molecule has 0 aliphatic rings. The van der Waals surface area contributed by atoms with E-state index in [-0.39, 0.29) is 12.4 Å². The largest absolute Gasteiger partial charge is 0.480 e. The van der Waals surface area contributed by atoms with Gasteiger partial charge in [-0.25, -0.2) is 5.43 Å². The summed E-state index contributed by atoms with van der Waals surface area (Å²) in [5, 5.41) is 7.02. The number of terminal acetylenes is 1. The number of carbonyl (C=O) groups excluding carboxylic acids is 1. The third kappa shape index (κ3) is 4.00. The molecule has 1 N–H and O–H groups in total. The SMILES string of the molecule is C#CCOc1ccc(/C=N\NC(=O)c2cc3c(ccc4ccccc43)o2)cc1Br. The number of hydrazone groups is 1. The van der Waals surface area contributed by atoms with E-state index in [9.17, 15) is 4.79 Å². The van der Waals surface area contributed by atoms with Gasteiger partial charge in [-0.3, -0.25) is 4.79 Å². The Morgan fingerprint density at radius 3 is 2.86 bits per heavy atom. The normalized spacial score (nSPS) is 11.0. The number of rotatable bonds is 5. The third-order valence-corrected chi connectivity index (χ3v) is 4.92. The molecule has 4 aromatic rings. The minimum atomic E-state index is -0.422. The Kier molecular flexibility index (Phi) is 5.32. The Bertz CT molecular complexity index is 1280. The molecule has 0 spiro atoms. The highest BCUT2D eigenvalue weighted by molar-refractivity contribution is 9.10. The van der Waals surface area contributed by atoms with Gasteiger partial charge in [0.25, 0.3) is 0 Å². The van der Waals surface area contributed by atoms with Crippen LogP contribution in [-0.4, -0.2) is 18.7 Å². The fourth-order valence-corrected chi connectivity index (χ4v) is 3.47. The Hall–Kier alpha value is -3.56. The fourth-order valence-electron chi connectivity index (χ4n) is 2.96. The molecule has 0 saturated heterocycles. The quantitative estimate of drug-likeness (QED) is 0.262. The van der Waals surface area contributed by atoms with Crippen LogP contribution in [0.15, 0.2) is 74.7 Å². The minimum Gasteiger partial charge on any atom is -0.480 e. The van der Waals surface area contributed by atoms with Crippen molar-refractivity contribution in [3.63, 3.8) is 0 Å². The summed E-state index contributed by atoms with van der Waals surface area (Å²) in [4.78, 5) is 12.4. The van der Waals surface area contributed by atoms with Crippen molar-refractivity contribution in [3.8, 4) is 18.1 Å². The summed E-state index contributed by atoms with van der Waals surface area (Å²) < 4.78 is 11.8. The molecular formula is C23H15BrN2O3. The Morgan fingerprint density at radius 1 is 1.17 bits per heavy atom. The molecular weight excluding hydrogens is 432 g/mol. The molecule has 1 heterocycles. The highest BCUT2D eigenvalue weighted by atomic mass is 79.9. The van der Waals surface area contributed by atoms with Crippen molar-refractivity contribution in [2.24, 2.45) is 5.10 Å². The van der Waals surface area contributed by atoms with Gasteiger partial charge in [0.1, 0.15) is 17.9 Å². The van der Waals surface area contributed by atoms with E-state index in [1.165, 1.54) is 6.21 Å². The zero-order valence-electron chi connectivity index (χ0n) is 15.2. The van der Waals surface area contributed by atoms with E-state index in [0.717, 1.165) is 26.2 Å². The smallest absolute Gasteiger partial charge is 0.307 e. The van der Waals surface area contributed by atoms with E-state index >= 15 is 0 Å². The first-order chi connectivity index (χ1) is 14.2. The summed E-state index contributed by atoms with van der Waals surface area (Å²) in [5.74, 6) is 2.83. The second-order valence-electron chi connectivity index (χ2n) is 6.19. The summed E-state index contributed by atoms with van der Waals surface area (Å²) in [6.07, 6.45) is 6.72. The van der Waals surface area contributed by atoms with Crippen LogP contribution in [0.2, 0.25) is 0 Å². The van der Waals surface area contributed by atoms with Crippen LogP contribution in [-0.2, 0) is 0 Å². The van der Waals surface area contributed by atoms with Crippen LogP contribution in [0.5, 0.6) is 5.75 Å². The molecule has 1 aromatic heterocycles. The van der Waals surface area contributed by atoms with Crippen molar-refractivity contribution < 1.29 is 13.9 Å². The first-order valence-electron chi connectivity index (χ1n) is 8.76. The zero-order chi connectivity index (χ0) is 20.2. The number of nitrogens with one attached hydrogen (secondary N) is 1. The number of hydrogen-bond acceptors (Lipinski definition) is 4. The number of ether oxygens (including phenoxy) is 1. The molecule has 5 nitrogen and oxygen atoms in total. The van der Waals surface area contributed by atoms with E-state index in [4.69, 9.17) is 15.6 Å². The predicted molar refractivity (Wildman–Crippen MR) is 117 cm³/mol. The molecule has 142 valence electrons. The molecule has 4 rings (SSSR count). The minimum absolute atomic E-state index is 0.189. The predicted octanol–water partition coefficient (Wildman–Crippen LogP) is 5.12. The van der Waals surface area contributed by atoms with Gasteiger partial charge in [0.15, 0.2) is 5.76 Å². The summed E-state index contributed by atoms with van der Waals surface area (Å²) in [6.45, 7) is 0.189. The number of halogens is 1. The maximum absolute atomic E-state index is 12.4. The van der Waals surface area contributed by atoms with Crippen LogP contribution < -0.4 is 10.2 Å². The maximum Gasteiger partial charge on any atom is 0.307 e. The molecule has 0 aliphatic heterocycles. The molecule has 0 unspecified atom stereocenters. The second-order valence-corrected chi connectivity index (χ2v) is 7.05. The van der Waals surface area contributed by atoms with Gasteiger partial charge in [0, 0.05) is 5.39 Å². The molecule has 0 radical (unpaired) electrons. The van der Waals surface area contributed by atoms with Crippen molar-refractivity contribution >= 4 is 49.8 Å². The molecule has 0 bridgehead atoms. The third-order valence-electron chi connectivity index (χ3n) is 4.30. The number of benzene rings is 3.